The third-order valence-corrected chi connectivity index (χ3v) is 5.08. The number of aromatic nitrogens is 2. The molecule has 1 atom stereocenters. The molecule has 3 heterocycles. The molecule has 2 aliphatic heterocycles. The molecule has 0 saturated carbocycles. The second-order valence-electron chi connectivity index (χ2n) is 6.81. The van der Waals surface area contributed by atoms with E-state index in [1.165, 1.54) is 0 Å². The number of amides is 1. The minimum absolute atomic E-state index is 0.0349. The van der Waals surface area contributed by atoms with Gasteiger partial charge in [0, 0.05) is 25.3 Å². The maximum atomic E-state index is 13.4. The number of carbonyl (C=O) groups is 1. The first-order valence-electron chi connectivity index (χ1n) is 9.27. The smallest absolute Gasteiger partial charge is 0.256 e. The molecule has 0 aliphatic carbocycles. The van der Waals surface area contributed by atoms with Crippen LogP contribution in [0.15, 0.2) is 28.8 Å². The number of para-hydroxylation sites is 1. The lowest BCUT2D eigenvalue weighted by Crippen LogP contribution is -2.41. The summed E-state index contributed by atoms with van der Waals surface area (Å²) in [4.78, 5) is 21.9. The summed E-state index contributed by atoms with van der Waals surface area (Å²) in [6, 6.07) is 7.70. The van der Waals surface area contributed by atoms with Crippen LogP contribution in [0.5, 0.6) is 0 Å². The Balaban J connectivity index is 1.63. The first-order valence-corrected chi connectivity index (χ1v) is 9.27. The fraction of sp³-hybridized carbons (Fsp3) is 0.526. The van der Waals surface area contributed by atoms with E-state index in [-0.39, 0.29) is 11.9 Å². The van der Waals surface area contributed by atoms with Crippen LogP contribution in [0.1, 0.15) is 47.4 Å². The highest BCUT2D eigenvalue weighted by molar-refractivity contribution is 6.00. The molecule has 0 bridgehead atoms. The van der Waals surface area contributed by atoms with Gasteiger partial charge in [0.1, 0.15) is 6.04 Å². The van der Waals surface area contributed by atoms with Crippen molar-refractivity contribution in [2.75, 3.05) is 37.7 Å². The number of benzene rings is 1. The van der Waals surface area contributed by atoms with Gasteiger partial charge in [-0.15, -0.1) is 0 Å². The second-order valence-corrected chi connectivity index (χ2v) is 6.81. The Bertz CT molecular complexity index is 770. The predicted molar refractivity (Wildman–Crippen MR) is 96.1 cm³/mol. The maximum absolute atomic E-state index is 13.4. The fourth-order valence-corrected chi connectivity index (χ4v) is 3.77. The molecule has 7 heteroatoms. The number of rotatable bonds is 3. The molecule has 2 aliphatic rings. The van der Waals surface area contributed by atoms with E-state index in [4.69, 9.17) is 9.26 Å². The molecule has 7 nitrogen and oxygen atoms in total. The number of piperidine rings is 1. The van der Waals surface area contributed by atoms with Crippen molar-refractivity contribution >= 4 is 11.6 Å². The van der Waals surface area contributed by atoms with Crippen LogP contribution < -0.4 is 4.90 Å². The van der Waals surface area contributed by atoms with Gasteiger partial charge in [0.05, 0.1) is 18.8 Å². The van der Waals surface area contributed by atoms with Gasteiger partial charge < -0.3 is 19.1 Å². The van der Waals surface area contributed by atoms with Gasteiger partial charge in [-0.25, -0.2) is 0 Å². The minimum Gasteiger partial charge on any atom is -0.378 e. The Morgan fingerprint density at radius 3 is 2.73 bits per heavy atom. The van der Waals surface area contributed by atoms with Crippen LogP contribution in [0.25, 0.3) is 0 Å². The van der Waals surface area contributed by atoms with E-state index in [0.717, 1.165) is 43.6 Å². The molecule has 0 radical (unpaired) electrons. The number of likely N-dealkylation sites (tertiary alicyclic amines) is 1. The molecular weight excluding hydrogens is 332 g/mol. The van der Waals surface area contributed by atoms with Gasteiger partial charge >= 0.3 is 0 Å². The standard InChI is InChI=1S/C19H24N4O3/c1-14-20-18(26-21-14)17-8-4-5-9-23(17)19(24)15-6-2-3-7-16(15)22-10-12-25-13-11-22/h2-3,6-7,17H,4-5,8-13H2,1H3. The van der Waals surface area contributed by atoms with E-state index in [2.05, 4.69) is 15.0 Å². The van der Waals surface area contributed by atoms with Crippen molar-refractivity contribution in [1.29, 1.82) is 0 Å². The molecule has 1 unspecified atom stereocenters. The zero-order chi connectivity index (χ0) is 17.9. The summed E-state index contributed by atoms with van der Waals surface area (Å²) in [6.07, 6.45) is 2.91. The van der Waals surface area contributed by atoms with Crippen LogP contribution in [0, 0.1) is 6.92 Å². The minimum atomic E-state index is -0.143. The van der Waals surface area contributed by atoms with Crippen molar-refractivity contribution in [1.82, 2.24) is 15.0 Å². The summed E-state index contributed by atoms with van der Waals surface area (Å²) in [6.45, 7) is 5.50. The molecule has 138 valence electrons. The Morgan fingerprint density at radius 1 is 1.15 bits per heavy atom. The van der Waals surface area contributed by atoms with E-state index in [1.54, 1.807) is 6.92 Å². The number of nitrogens with zero attached hydrogens (tertiary/aromatic N) is 4. The van der Waals surface area contributed by atoms with Crippen LogP contribution >= 0.6 is 0 Å². The Morgan fingerprint density at radius 2 is 1.96 bits per heavy atom. The fourth-order valence-electron chi connectivity index (χ4n) is 3.77. The average molecular weight is 356 g/mol. The summed E-state index contributed by atoms with van der Waals surface area (Å²) in [5, 5.41) is 3.90. The quantitative estimate of drug-likeness (QED) is 0.842. The summed E-state index contributed by atoms with van der Waals surface area (Å²) in [5.74, 6) is 1.18. The van der Waals surface area contributed by atoms with E-state index in [0.29, 0.717) is 31.5 Å². The van der Waals surface area contributed by atoms with Crippen LogP contribution in [-0.2, 0) is 4.74 Å². The Labute approximate surface area is 152 Å². The Hall–Kier alpha value is -2.41. The van der Waals surface area contributed by atoms with Gasteiger partial charge in [-0.3, -0.25) is 4.79 Å². The lowest BCUT2D eigenvalue weighted by molar-refractivity contribution is 0.0561. The number of carbonyl (C=O) groups excluding carboxylic acids is 1. The van der Waals surface area contributed by atoms with Crippen molar-refractivity contribution in [3.05, 3.63) is 41.5 Å². The van der Waals surface area contributed by atoms with E-state index in [9.17, 15) is 4.79 Å². The molecule has 2 fully saturated rings. The topological polar surface area (TPSA) is 71.7 Å². The molecule has 1 amide bonds. The van der Waals surface area contributed by atoms with Crippen LogP contribution in [0.2, 0.25) is 0 Å². The average Bonchev–Trinajstić information content (AvgIpc) is 3.14. The van der Waals surface area contributed by atoms with Crippen molar-refractivity contribution in [3.63, 3.8) is 0 Å². The molecule has 0 N–H and O–H groups in total. The van der Waals surface area contributed by atoms with Gasteiger partial charge in [-0.05, 0) is 38.3 Å². The van der Waals surface area contributed by atoms with Crippen molar-refractivity contribution in [2.45, 2.75) is 32.2 Å². The largest absolute Gasteiger partial charge is 0.378 e. The number of hydrogen-bond acceptors (Lipinski definition) is 6. The zero-order valence-corrected chi connectivity index (χ0v) is 15.1. The summed E-state index contributed by atoms with van der Waals surface area (Å²) in [5.41, 5.74) is 1.71. The molecule has 2 saturated heterocycles. The van der Waals surface area contributed by atoms with Gasteiger partial charge in [-0.1, -0.05) is 17.3 Å². The highest BCUT2D eigenvalue weighted by atomic mass is 16.5. The monoisotopic (exact) mass is 356 g/mol. The van der Waals surface area contributed by atoms with Gasteiger partial charge in [-0.2, -0.15) is 4.98 Å². The van der Waals surface area contributed by atoms with Crippen molar-refractivity contribution in [3.8, 4) is 0 Å². The molecule has 4 rings (SSSR count). The van der Waals surface area contributed by atoms with Gasteiger partial charge in [0.2, 0.25) is 5.89 Å². The van der Waals surface area contributed by atoms with Crippen LogP contribution in [0.4, 0.5) is 5.69 Å². The van der Waals surface area contributed by atoms with E-state index in [1.807, 2.05) is 29.2 Å². The number of ether oxygens (including phenoxy) is 1. The Kier molecular flexibility index (Phi) is 4.88. The molecule has 26 heavy (non-hydrogen) atoms. The molecule has 0 spiro atoms. The number of hydrogen-bond donors (Lipinski definition) is 0. The maximum Gasteiger partial charge on any atom is 0.256 e. The highest BCUT2D eigenvalue weighted by Gasteiger charge is 2.33. The highest BCUT2D eigenvalue weighted by Crippen LogP contribution is 2.33. The molecular formula is C19H24N4O3. The first-order chi connectivity index (χ1) is 12.7. The lowest BCUT2D eigenvalue weighted by Gasteiger charge is -2.35. The third-order valence-electron chi connectivity index (χ3n) is 5.08. The van der Waals surface area contributed by atoms with Crippen molar-refractivity contribution < 1.29 is 14.1 Å². The van der Waals surface area contributed by atoms with E-state index >= 15 is 0 Å². The normalized spacial score (nSPS) is 21.0. The molecule has 1 aromatic heterocycles. The third kappa shape index (κ3) is 3.31. The summed E-state index contributed by atoms with van der Waals surface area (Å²) < 4.78 is 10.8. The SMILES string of the molecule is Cc1noc(C2CCCCN2C(=O)c2ccccc2N2CCOCC2)n1. The zero-order valence-electron chi connectivity index (χ0n) is 15.1. The number of morpholine rings is 1. The number of anilines is 1. The van der Waals surface area contributed by atoms with Crippen molar-refractivity contribution in [2.24, 2.45) is 0 Å². The van der Waals surface area contributed by atoms with E-state index < -0.39 is 0 Å². The van der Waals surface area contributed by atoms with Gasteiger partial charge in [0.15, 0.2) is 5.82 Å². The summed E-state index contributed by atoms with van der Waals surface area (Å²) >= 11 is 0. The first kappa shape index (κ1) is 17.0. The summed E-state index contributed by atoms with van der Waals surface area (Å²) in [7, 11) is 0. The van der Waals surface area contributed by atoms with Gasteiger partial charge in [0.25, 0.3) is 5.91 Å². The predicted octanol–water partition coefficient (Wildman–Crippen LogP) is 2.58. The lowest BCUT2D eigenvalue weighted by atomic mass is 10.00. The number of aryl methyl sites for hydroxylation is 1. The molecule has 2 aromatic rings. The second kappa shape index (κ2) is 7.45. The van der Waals surface area contributed by atoms with Crippen LogP contribution in [-0.4, -0.2) is 53.8 Å². The van der Waals surface area contributed by atoms with Crippen LogP contribution in [0.3, 0.4) is 0 Å². The molecule has 1 aromatic carbocycles.